The minimum Gasteiger partial charge on any atom is -0.379 e. The molecule has 0 aromatic heterocycles. The van der Waals surface area contributed by atoms with Gasteiger partial charge in [-0.2, -0.15) is 4.31 Å². The minimum absolute atomic E-state index is 0.0663. The van der Waals surface area contributed by atoms with Crippen LogP contribution >= 0.6 is 0 Å². The van der Waals surface area contributed by atoms with E-state index >= 15 is 0 Å². The topological polar surface area (TPSA) is 113 Å². The molecule has 3 rings (SSSR count). The van der Waals surface area contributed by atoms with Gasteiger partial charge in [0.1, 0.15) is 0 Å². The Bertz CT molecular complexity index is 971. The molecule has 1 atom stereocenters. The number of rotatable bonds is 5. The van der Waals surface area contributed by atoms with Crippen molar-refractivity contribution >= 4 is 26.0 Å². The molecular formula is C18H27N3O6S2. The maximum Gasteiger partial charge on any atom is 0.251 e. The van der Waals surface area contributed by atoms with Crippen molar-refractivity contribution in [3.8, 4) is 0 Å². The second-order valence-corrected chi connectivity index (χ2v) is 11.3. The third-order valence-electron chi connectivity index (χ3n) is 5.25. The van der Waals surface area contributed by atoms with Crippen molar-refractivity contribution in [3.05, 3.63) is 29.3 Å². The first-order chi connectivity index (χ1) is 13.6. The Labute approximate surface area is 172 Å². The van der Waals surface area contributed by atoms with Crippen LogP contribution in [0.3, 0.4) is 0 Å². The van der Waals surface area contributed by atoms with E-state index in [-0.39, 0.29) is 36.1 Å². The monoisotopic (exact) mass is 445 g/mol. The molecule has 1 aromatic rings. The number of hydrogen-bond acceptors (Lipinski definition) is 6. The number of carbonyl (C=O) groups is 1. The highest BCUT2D eigenvalue weighted by Crippen LogP contribution is 2.21. The van der Waals surface area contributed by atoms with E-state index in [1.807, 2.05) is 0 Å². The molecule has 0 saturated carbocycles. The van der Waals surface area contributed by atoms with Crippen molar-refractivity contribution in [1.82, 2.24) is 13.9 Å². The molecule has 1 N–H and O–H groups in total. The highest BCUT2D eigenvalue weighted by atomic mass is 32.2. The van der Waals surface area contributed by atoms with E-state index in [4.69, 9.17) is 4.74 Å². The van der Waals surface area contributed by atoms with Crippen molar-refractivity contribution in [3.63, 3.8) is 0 Å². The SMILES string of the molecule is Cc1ccc(S(=O)(=O)N2CCOCC2)cc1C(=O)NC1CCCN(S(C)(=O)=O)C1. The van der Waals surface area contributed by atoms with Crippen molar-refractivity contribution < 1.29 is 26.4 Å². The number of ether oxygens (including phenoxy) is 1. The van der Waals surface area contributed by atoms with E-state index in [1.54, 1.807) is 13.0 Å². The number of nitrogens with one attached hydrogen (secondary N) is 1. The zero-order valence-electron chi connectivity index (χ0n) is 16.6. The lowest BCUT2D eigenvalue weighted by Gasteiger charge is -2.31. The van der Waals surface area contributed by atoms with Crippen LogP contribution in [-0.4, -0.2) is 83.0 Å². The molecule has 0 radical (unpaired) electrons. The summed E-state index contributed by atoms with van der Waals surface area (Å²) >= 11 is 0. The van der Waals surface area contributed by atoms with Gasteiger partial charge in [0.2, 0.25) is 20.0 Å². The van der Waals surface area contributed by atoms with Crippen LogP contribution in [0.5, 0.6) is 0 Å². The van der Waals surface area contributed by atoms with Crippen LogP contribution < -0.4 is 5.32 Å². The molecule has 0 spiro atoms. The van der Waals surface area contributed by atoms with Crippen LogP contribution in [0.1, 0.15) is 28.8 Å². The van der Waals surface area contributed by atoms with Gasteiger partial charge < -0.3 is 10.1 Å². The molecule has 29 heavy (non-hydrogen) atoms. The Balaban J connectivity index is 1.78. The molecule has 1 aromatic carbocycles. The summed E-state index contributed by atoms with van der Waals surface area (Å²) in [5, 5.41) is 2.86. The lowest BCUT2D eigenvalue weighted by atomic mass is 10.0. The van der Waals surface area contributed by atoms with Gasteiger partial charge in [0, 0.05) is 37.8 Å². The first-order valence-electron chi connectivity index (χ1n) is 9.53. The quantitative estimate of drug-likeness (QED) is 0.691. The summed E-state index contributed by atoms with van der Waals surface area (Å²) < 4.78 is 57.2. The van der Waals surface area contributed by atoms with Gasteiger partial charge in [0.05, 0.1) is 24.4 Å². The number of piperidine rings is 1. The molecular weight excluding hydrogens is 418 g/mol. The fourth-order valence-corrected chi connectivity index (χ4v) is 5.91. The van der Waals surface area contributed by atoms with E-state index < -0.39 is 26.0 Å². The highest BCUT2D eigenvalue weighted by molar-refractivity contribution is 7.89. The molecule has 0 aliphatic carbocycles. The van der Waals surface area contributed by atoms with Gasteiger partial charge in [-0.15, -0.1) is 0 Å². The molecule has 0 bridgehead atoms. The number of morpholine rings is 1. The molecule has 2 aliphatic rings. The molecule has 2 heterocycles. The zero-order chi connectivity index (χ0) is 21.2. The van der Waals surface area contributed by atoms with E-state index in [1.165, 1.54) is 20.7 Å². The van der Waals surface area contributed by atoms with Crippen molar-refractivity contribution in [1.29, 1.82) is 0 Å². The maximum absolute atomic E-state index is 12.9. The number of nitrogens with zero attached hydrogens (tertiary/aromatic N) is 2. The number of hydrogen-bond donors (Lipinski definition) is 1. The number of benzene rings is 1. The van der Waals surface area contributed by atoms with Gasteiger partial charge in [0.15, 0.2) is 0 Å². The first-order valence-corrected chi connectivity index (χ1v) is 12.8. The summed E-state index contributed by atoms with van der Waals surface area (Å²) in [6, 6.07) is 4.20. The molecule has 2 saturated heterocycles. The maximum atomic E-state index is 12.9. The average Bonchev–Trinajstić information content (AvgIpc) is 2.68. The number of amides is 1. The first kappa shape index (κ1) is 22.2. The average molecular weight is 446 g/mol. The third-order valence-corrected chi connectivity index (χ3v) is 8.41. The van der Waals surface area contributed by atoms with Gasteiger partial charge in [-0.3, -0.25) is 4.79 Å². The van der Waals surface area contributed by atoms with Gasteiger partial charge in [-0.05, 0) is 37.5 Å². The molecule has 9 nitrogen and oxygen atoms in total. The fraction of sp³-hybridized carbons (Fsp3) is 0.611. The van der Waals surface area contributed by atoms with Crippen molar-refractivity contribution in [2.24, 2.45) is 0 Å². The molecule has 2 aliphatic heterocycles. The smallest absolute Gasteiger partial charge is 0.251 e. The molecule has 1 unspecified atom stereocenters. The predicted octanol–water partition coefficient (Wildman–Crippen LogP) is 0.170. The summed E-state index contributed by atoms with van der Waals surface area (Å²) in [5.74, 6) is -0.401. The Hall–Kier alpha value is -1.53. The largest absolute Gasteiger partial charge is 0.379 e. The third kappa shape index (κ3) is 5.15. The normalized spacial score (nSPS) is 22.3. The van der Waals surface area contributed by atoms with Gasteiger partial charge in [-0.1, -0.05) is 6.07 Å². The Morgan fingerprint density at radius 1 is 1.10 bits per heavy atom. The van der Waals surface area contributed by atoms with Crippen LogP contribution in [0.15, 0.2) is 23.1 Å². The van der Waals surface area contributed by atoms with E-state index in [9.17, 15) is 21.6 Å². The lowest BCUT2D eigenvalue weighted by molar-refractivity contribution is 0.0730. The number of sulfonamides is 2. The summed E-state index contributed by atoms with van der Waals surface area (Å²) in [7, 11) is -7.03. The molecule has 11 heteroatoms. The molecule has 2 fully saturated rings. The second-order valence-electron chi connectivity index (χ2n) is 7.43. The summed E-state index contributed by atoms with van der Waals surface area (Å²) in [5.41, 5.74) is 0.926. The van der Waals surface area contributed by atoms with E-state index in [0.717, 1.165) is 6.26 Å². The van der Waals surface area contributed by atoms with Gasteiger partial charge >= 0.3 is 0 Å². The Kier molecular flexibility index (Phi) is 6.64. The minimum atomic E-state index is -3.71. The van der Waals surface area contributed by atoms with Crippen LogP contribution in [0.25, 0.3) is 0 Å². The van der Waals surface area contributed by atoms with Gasteiger partial charge in [0.25, 0.3) is 5.91 Å². The van der Waals surface area contributed by atoms with Crippen molar-refractivity contribution in [2.75, 3.05) is 45.6 Å². The Morgan fingerprint density at radius 2 is 1.79 bits per heavy atom. The highest BCUT2D eigenvalue weighted by Gasteiger charge is 2.29. The number of carbonyl (C=O) groups excluding carboxylic acids is 1. The van der Waals surface area contributed by atoms with Crippen LogP contribution in [0.4, 0.5) is 0 Å². The molecule has 162 valence electrons. The zero-order valence-corrected chi connectivity index (χ0v) is 18.3. The molecule has 1 amide bonds. The summed E-state index contributed by atoms with van der Waals surface area (Å²) in [6.07, 6.45) is 2.48. The van der Waals surface area contributed by atoms with Crippen LogP contribution in [0, 0.1) is 6.92 Å². The Morgan fingerprint density at radius 3 is 2.45 bits per heavy atom. The fourth-order valence-electron chi connectivity index (χ4n) is 3.57. The predicted molar refractivity (Wildman–Crippen MR) is 108 cm³/mol. The van der Waals surface area contributed by atoms with Crippen LogP contribution in [-0.2, 0) is 24.8 Å². The standard InChI is InChI=1S/C18H27N3O6S2/c1-14-5-6-16(29(25,26)20-8-10-27-11-9-20)12-17(14)18(22)19-15-4-3-7-21(13-15)28(2,23)24/h5-6,12,15H,3-4,7-11,13H2,1-2H3,(H,19,22). The lowest BCUT2D eigenvalue weighted by Crippen LogP contribution is -2.49. The van der Waals surface area contributed by atoms with Crippen LogP contribution in [0.2, 0.25) is 0 Å². The number of aryl methyl sites for hydroxylation is 1. The summed E-state index contributed by atoms with van der Waals surface area (Å²) in [4.78, 5) is 12.9. The van der Waals surface area contributed by atoms with E-state index in [2.05, 4.69) is 5.32 Å². The second kappa shape index (κ2) is 8.68. The van der Waals surface area contributed by atoms with E-state index in [0.29, 0.717) is 38.2 Å². The summed E-state index contributed by atoms with van der Waals surface area (Å²) in [6.45, 7) is 3.65. The van der Waals surface area contributed by atoms with Gasteiger partial charge in [-0.25, -0.2) is 21.1 Å². The van der Waals surface area contributed by atoms with Crippen molar-refractivity contribution in [2.45, 2.75) is 30.7 Å².